The van der Waals surface area contributed by atoms with E-state index < -0.39 is 0 Å². The highest BCUT2D eigenvalue weighted by atomic mass is 79.9. The fourth-order valence-electron chi connectivity index (χ4n) is 1.70. The van der Waals surface area contributed by atoms with Crippen LogP contribution in [0.3, 0.4) is 0 Å². The molecular formula is C14H17BrN4. The molecule has 19 heavy (non-hydrogen) atoms. The van der Waals surface area contributed by atoms with Gasteiger partial charge >= 0.3 is 0 Å². The van der Waals surface area contributed by atoms with Crippen molar-refractivity contribution in [2.75, 3.05) is 17.2 Å². The SMILES string of the molecule is CCNc1ncc(Br)c(Nc2cccc(CC)c2)n1. The average molecular weight is 321 g/mol. The molecule has 0 amide bonds. The van der Waals surface area contributed by atoms with Gasteiger partial charge in [0.2, 0.25) is 5.95 Å². The van der Waals surface area contributed by atoms with Gasteiger partial charge in [-0.25, -0.2) is 4.98 Å². The number of aromatic nitrogens is 2. The fraction of sp³-hybridized carbons (Fsp3) is 0.286. The standard InChI is InChI=1S/C14H17BrN4/c1-3-10-6-5-7-11(8-10)18-13-12(15)9-17-14(19-13)16-4-2/h5-9H,3-4H2,1-2H3,(H2,16,17,18,19). The molecule has 1 aromatic carbocycles. The zero-order valence-electron chi connectivity index (χ0n) is 11.1. The third kappa shape index (κ3) is 3.67. The van der Waals surface area contributed by atoms with Crippen molar-refractivity contribution in [3.05, 3.63) is 40.5 Å². The molecule has 0 spiro atoms. The van der Waals surface area contributed by atoms with E-state index in [1.54, 1.807) is 6.20 Å². The molecule has 5 heteroatoms. The normalized spacial score (nSPS) is 10.3. The molecular weight excluding hydrogens is 304 g/mol. The molecule has 0 fully saturated rings. The lowest BCUT2D eigenvalue weighted by molar-refractivity contribution is 1.08. The molecule has 0 aliphatic carbocycles. The lowest BCUT2D eigenvalue weighted by Crippen LogP contribution is -2.04. The molecule has 2 N–H and O–H groups in total. The van der Waals surface area contributed by atoms with Gasteiger partial charge in [-0.2, -0.15) is 4.98 Å². The van der Waals surface area contributed by atoms with E-state index in [0.29, 0.717) is 5.95 Å². The summed E-state index contributed by atoms with van der Waals surface area (Å²) in [5, 5.41) is 6.41. The second-order valence-corrected chi connectivity index (χ2v) is 4.95. The van der Waals surface area contributed by atoms with Crippen molar-refractivity contribution in [1.82, 2.24) is 9.97 Å². The minimum atomic E-state index is 0.625. The van der Waals surface area contributed by atoms with Crippen molar-refractivity contribution in [3.63, 3.8) is 0 Å². The maximum Gasteiger partial charge on any atom is 0.224 e. The number of anilines is 3. The predicted octanol–water partition coefficient (Wildman–Crippen LogP) is 3.98. The minimum absolute atomic E-state index is 0.625. The van der Waals surface area contributed by atoms with Gasteiger partial charge in [-0.3, -0.25) is 0 Å². The Balaban J connectivity index is 2.23. The third-order valence-corrected chi connectivity index (χ3v) is 3.26. The summed E-state index contributed by atoms with van der Waals surface area (Å²) >= 11 is 3.46. The van der Waals surface area contributed by atoms with Crippen molar-refractivity contribution in [2.24, 2.45) is 0 Å². The van der Waals surface area contributed by atoms with Gasteiger partial charge < -0.3 is 10.6 Å². The Kier molecular flexibility index (Phi) is 4.74. The zero-order chi connectivity index (χ0) is 13.7. The van der Waals surface area contributed by atoms with Gasteiger partial charge in [-0.1, -0.05) is 19.1 Å². The second kappa shape index (κ2) is 6.52. The Labute approximate surface area is 121 Å². The summed E-state index contributed by atoms with van der Waals surface area (Å²) in [6.45, 7) is 4.96. The van der Waals surface area contributed by atoms with Crippen LogP contribution in [0.1, 0.15) is 19.4 Å². The molecule has 0 aliphatic rings. The van der Waals surface area contributed by atoms with Crippen LogP contribution < -0.4 is 10.6 Å². The molecule has 0 unspecified atom stereocenters. The highest BCUT2D eigenvalue weighted by molar-refractivity contribution is 9.10. The van der Waals surface area contributed by atoms with Crippen LogP contribution in [0.5, 0.6) is 0 Å². The van der Waals surface area contributed by atoms with Crippen LogP contribution in [0.4, 0.5) is 17.5 Å². The Morgan fingerprint density at radius 1 is 1.26 bits per heavy atom. The topological polar surface area (TPSA) is 49.8 Å². The highest BCUT2D eigenvalue weighted by Crippen LogP contribution is 2.24. The van der Waals surface area contributed by atoms with E-state index in [4.69, 9.17) is 0 Å². The van der Waals surface area contributed by atoms with Crippen LogP contribution in [0.25, 0.3) is 0 Å². The maximum absolute atomic E-state index is 4.43. The summed E-state index contributed by atoms with van der Waals surface area (Å²) in [4.78, 5) is 8.63. The number of rotatable bonds is 5. The molecule has 1 aromatic heterocycles. The predicted molar refractivity (Wildman–Crippen MR) is 83.0 cm³/mol. The Bertz CT molecular complexity index is 557. The van der Waals surface area contributed by atoms with E-state index in [-0.39, 0.29) is 0 Å². The van der Waals surface area contributed by atoms with Crippen LogP contribution in [0.2, 0.25) is 0 Å². The number of aryl methyl sites for hydroxylation is 1. The summed E-state index contributed by atoms with van der Waals surface area (Å²) in [6.07, 6.45) is 2.76. The van der Waals surface area contributed by atoms with Gasteiger partial charge in [0.1, 0.15) is 5.82 Å². The van der Waals surface area contributed by atoms with Gasteiger partial charge in [0, 0.05) is 18.4 Å². The van der Waals surface area contributed by atoms with Crippen molar-refractivity contribution < 1.29 is 0 Å². The first-order valence-electron chi connectivity index (χ1n) is 6.35. The fourth-order valence-corrected chi connectivity index (χ4v) is 1.99. The van der Waals surface area contributed by atoms with Crippen LogP contribution in [0, 0.1) is 0 Å². The molecule has 4 nitrogen and oxygen atoms in total. The number of hydrogen-bond acceptors (Lipinski definition) is 4. The molecule has 0 aliphatic heterocycles. The number of nitrogens with one attached hydrogen (secondary N) is 2. The summed E-state index contributed by atoms with van der Waals surface area (Å²) in [6, 6.07) is 8.31. The average Bonchev–Trinajstić information content (AvgIpc) is 2.43. The second-order valence-electron chi connectivity index (χ2n) is 4.10. The lowest BCUT2D eigenvalue weighted by Gasteiger charge is -2.10. The highest BCUT2D eigenvalue weighted by Gasteiger charge is 2.05. The number of nitrogens with zero attached hydrogens (tertiary/aromatic N) is 2. The molecule has 2 aromatic rings. The van der Waals surface area contributed by atoms with Crippen molar-refractivity contribution in [1.29, 1.82) is 0 Å². The maximum atomic E-state index is 4.43. The lowest BCUT2D eigenvalue weighted by atomic mass is 10.1. The van der Waals surface area contributed by atoms with E-state index in [0.717, 1.165) is 28.9 Å². The first kappa shape index (κ1) is 13.8. The van der Waals surface area contributed by atoms with Crippen molar-refractivity contribution in [2.45, 2.75) is 20.3 Å². The van der Waals surface area contributed by atoms with Crippen LogP contribution in [0.15, 0.2) is 34.9 Å². The number of hydrogen-bond donors (Lipinski definition) is 2. The Hall–Kier alpha value is -1.62. The third-order valence-electron chi connectivity index (χ3n) is 2.68. The van der Waals surface area contributed by atoms with E-state index >= 15 is 0 Å². The quantitative estimate of drug-likeness (QED) is 0.875. The molecule has 0 atom stereocenters. The molecule has 0 radical (unpaired) electrons. The van der Waals surface area contributed by atoms with Crippen LogP contribution >= 0.6 is 15.9 Å². The van der Waals surface area contributed by atoms with Gasteiger partial charge in [-0.05, 0) is 47.0 Å². The molecule has 100 valence electrons. The Morgan fingerprint density at radius 2 is 2.11 bits per heavy atom. The van der Waals surface area contributed by atoms with E-state index in [1.165, 1.54) is 5.56 Å². The molecule has 0 saturated carbocycles. The van der Waals surface area contributed by atoms with Crippen LogP contribution in [-0.2, 0) is 6.42 Å². The summed E-state index contributed by atoms with van der Waals surface area (Å²) in [5.74, 6) is 1.39. The van der Waals surface area contributed by atoms with E-state index in [2.05, 4.69) is 55.6 Å². The summed E-state index contributed by atoms with van der Waals surface area (Å²) in [7, 11) is 0. The van der Waals surface area contributed by atoms with Gasteiger partial charge in [0.05, 0.1) is 4.47 Å². The molecule has 0 bridgehead atoms. The first-order valence-corrected chi connectivity index (χ1v) is 7.14. The van der Waals surface area contributed by atoms with Gasteiger partial charge in [0.15, 0.2) is 0 Å². The monoisotopic (exact) mass is 320 g/mol. The largest absolute Gasteiger partial charge is 0.354 e. The number of halogens is 1. The van der Waals surface area contributed by atoms with E-state index in [9.17, 15) is 0 Å². The first-order chi connectivity index (χ1) is 9.22. The van der Waals surface area contributed by atoms with Crippen LogP contribution in [-0.4, -0.2) is 16.5 Å². The molecule has 0 saturated heterocycles. The minimum Gasteiger partial charge on any atom is -0.354 e. The number of benzene rings is 1. The summed E-state index contributed by atoms with van der Waals surface area (Å²) in [5.41, 5.74) is 2.32. The van der Waals surface area contributed by atoms with Gasteiger partial charge in [-0.15, -0.1) is 0 Å². The smallest absolute Gasteiger partial charge is 0.224 e. The summed E-state index contributed by atoms with van der Waals surface area (Å²) < 4.78 is 0.844. The van der Waals surface area contributed by atoms with Crippen molar-refractivity contribution in [3.8, 4) is 0 Å². The Morgan fingerprint density at radius 3 is 2.84 bits per heavy atom. The van der Waals surface area contributed by atoms with Crippen molar-refractivity contribution >= 4 is 33.4 Å². The molecule has 1 heterocycles. The molecule has 2 rings (SSSR count). The zero-order valence-corrected chi connectivity index (χ0v) is 12.7. The van der Waals surface area contributed by atoms with E-state index in [1.807, 2.05) is 19.1 Å². The van der Waals surface area contributed by atoms with Gasteiger partial charge in [0.25, 0.3) is 0 Å².